The highest BCUT2D eigenvalue weighted by Crippen LogP contribution is 2.26. The van der Waals surface area contributed by atoms with Crippen molar-refractivity contribution in [2.45, 2.75) is 0 Å². The molecule has 0 radical (unpaired) electrons. The second-order valence-corrected chi connectivity index (χ2v) is 5.29. The second kappa shape index (κ2) is 6.78. The number of carbonyl (C=O) groups is 1. The van der Waals surface area contributed by atoms with Gasteiger partial charge in [-0.3, -0.25) is 4.79 Å². The largest absolute Gasteiger partial charge is 0.504 e. The number of benzene rings is 2. The fraction of sp³-hybridized carbons (Fsp3) is 0. The van der Waals surface area contributed by atoms with Gasteiger partial charge in [-0.25, -0.2) is 0 Å². The second-order valence-electron chi connectivity index (χ2n) is 4.38. The number of anilines is 1. The van der Waals surface area contributed by atoms with E-state index in [1.54, 1.807) is 24.3 Å². The van der Waals surface area contributed by atoms with Crippen molar-refractivity contribution >= 4 is 33.6 Å². The standard InChI is InChI=1S/C16H11BrN2O3/c17-12-2-4-13(5-3-12)19-16(22)11(9-18)7-10-1-6-14(20)15(21)8-10/h1-8,20-21H,(H,19,22). The van der Waals surface area contributed by atoms with Crippen molar-refractivity contribution in [1.82, 2.24) is 0 Å². The van der Waals surface area contributed by atoms with Crippen molar-refractivity contribution < 1.29 is 15.0 Å². The Bertz CT molecular complexity index is 777. The molecule has 0 spiro atoms. The molecule has 6 heteroatoms. The summed E-state index contributed by atoms with van der Waals surface area (Å²) in [5.41, 5.74) is 0.869. The fourth-order valence-corrected chi connectivity index (χ4v) is 1.94. The van der Waals surface area contributed by atoms with E-state index in [-0.39, 0.29) is 17.1 Å². The topological polar surface area (TPSA) is 93.3 Å². The minimum absolute atomic E-state index is 0.118. The molecule has 2 aromatic rings. The zero-order valence-electron chi connectivity index (χ0n) is 11.2. The van der Waals surface area contributed by atoms with Gasteiger partial charge < -0.3 is 15.5 Å². The number of phenolic OH excluding ortho intramolecular Hbond substituents is 2. The molecule has 22 heavy (non-hydrogen) atoms. The maximum Gasteiger partial charge on any atom is 0.266 e. The zero-order chi connectivity index (χ0) is 16.1. The number of nitrogens with one attached hydrogen (secondary N) is 1. The summed E-state index contributed by atoms with van der Waals surface area (Å²) >= 11 is 3.29. The highest BCUT2D eigenvalue weighted by Gasteiger charge is 2.10. The number of hydrogen-bond acceptors (Lipinski definition) is 4. The molecule has 0 saturated carbocycles. The Morgan fingerprint density at radius 1 is 1.14 bits per heavy atom. The van der Waals surface area contributed by atoms with Gasteiger partial charge >= 0.3 is 0 Å². The van der Waals surface area contributed by atoms with Gasteiger partial charge in [0, 0.05) is 10.2 Å². The van der Waals surface area contributed by atoms with Crippen LogP contribution in [-0.4, -0.2) is 16.1 Å². The lowest BCUT2D eigenvalue weighted by Gasteiger charge is -2.05. The fourth-order valence-electron chi connectivity index (χ4n) is 1.68. The molecule has 3 N–H and O–H groups in total. The van der Waals surface area contributed by atoms with Crippen LogP contribution in [0.5, 0.6) is 11.5 Å². The first-order valence-corrected chi connectivity index (χ1v) is 6.99. The first-order chi connectivity index (χ1) is 10.5. The molecule has 0 aliphatic carbocycles. The van der Waals surface area contributed by atoms with Gasteiger partial charge in [-0.05, 0) is 48.0 Å². The molecule has 1 amide bonds. The van der Waals surface area contributed by atoms with E-state index in [1.165, 1.54) is 24.3 Å². The number of nitrogens with zero attached hydrogens (tertiary/aromatic N) is 1. The van der Waals surface area contributed by atoms with Crippen LogP contribution in [0, 0.1) is 11.3 Å². The third kappa shape index (κ3) is 3.87. The van der Waals surface area contributed by atoms with Crippen LogP contribution in [0.2, 0.25) is 0 Å². The molecule has 0 atom stereocenters. The van der Waals surface area contributed by atoms with Crippen molar-refractivity contribution in [2.75, 3.05) is 5.32 Å². The van der Waals surface area contributed by atoms with E-state index in [9.17, 15) is 15.0 Å². The minimum atomic E-state index is -0.558. The van der Waals surface area contributed by atoms with Gasteiger partial charge in [0.05, 0.1) is 0 Å². The normalized spacial score (nSPS) is 10.8. The van der Waals surface area contributed by atoms with E-state index in [2.05, 4.69) is 21.2 Å². The lowest BCUT2D eigenvalue weighted by molar-refractivity contribution is -0.112. The number of amides is 1. The predicted octanol–water partition coefficient (Wildman–Crippen LogP) is 3.41. The van der Waals surface area contributed by atoms with Gasteiger partial charge in [0.25, 0.3) is 5.91 Å². The van der Waals surface area contributed by atoms with Crippen LogP contribution in [0.1, 0.15) is 5.56 Å². The van der Waals surface area contributed by atoms with Crippen LogP contribution >= 0.6 is 15.9 Å². The first kappa shape index (κ1) is 15.6. The van der Waals surface area contributed by atoms with Crippen LogP contribution in [0.3, 0.4) is 0 Å². The van der Waals surface area contributed by atoms with Gasteiger partial charge in [-0.1, -0.05) is 22.0 Å². The number of aromatic hydroxyl groups is 2. The first-order valence-electron chi connectivity index (χ1n) is 6.20. The van der Waals surface area contributed by atoms with Crippen LogP contribution < -0.4 is 5.32 Å². The molecule has 110 valence electrons. The van der Waals surface area contributed by atoms with Gasteiger partial charge in [0.2, 0.25) is 0 Å². The predicted molar refractivity (Wildman–Crippen MR) is 86.1 cm³/mol. The number of hydrogen-bond donors (Lipinski definition) is 3. The summed E-state index contributed by atoms with van der Waals surface area (Å²) in [5, 5.41) is 30.4. The van der Waals surface area contributed by atoms with Crippen molar-refractivity contribution in [3.05, 3.63) is 58.1 Å². The third-order valence-electron chi connectivity index (χ3n) is 2.78. The van der Waals surface area contributed by atoms with Gasteiger partial charge in [-0.2, -0.15) is 5.26 Å². The molecule has 0 aliphatic rings. The molecule has 5 nitrogen and oxygen atoms in total. The summed E-state index contributed by atoms with van der Waals surface area (Å²) in [6.07, 6.45) is 1.33. The van der Waals surface area contributed by atoms with Crippen LogP contribution in [-0.2, 0) is 4.79 Å². The summed E-state index contributed by atoms with van der Waals surface area (Å²) in [6, 6.07) is 12.8. The summed E-state index contributed by atoms with van der Waals surface area (Å²) in [7, 11) is 0. The van der Waals surface area contributed by atoms with E-state index < -0.39 is 5.91 Å². The number of rotatable bonds is 3. The number of halogens is 1. The molecule has 0 bridgehead atoms. The number of phenols is 2. The molecule has 0 fully saturated rings. The van der Waals surface area contributed by atoms with E-state index in [4.69, 9.17) is 5.26 Å². The summed E-state index contributed by atoms with van der Waals surface area (Å²) in [6.45, 7) is 0. The average Bonchev–Trinajstić information content (AvgIpc) is 2.50. The Balaban J connectivity index is 2.21. The zero-order valence-corrected chi connectivity index (χ0v) is 12.8. The summed E-state index contributed by atoms with van der Waals surface area (Å²) in [5.74, 6) is -1.15. The van der Waals surface area contributed by atoms with Crippen molar-refractivity contribution in [1.29, 1.82) is 5.26 Å². The molecule has 0 unspecified atom stereocenters. The van der Waals surface area contributed by atoms with E-state index in [0.29, 0.717) is 11.3 Å². The van der Waals surface area contributed by atoms with Crippen LogP contribution in [0.4, 0.5) is 5.69 Å². The van der Waals surface area contributed by atoms with Gasteiger partial charge in [-0.15, -0.1) is 0 Å². The molecule has 0 saturated heterocycles. The molecule has 2 aromatic carbocycles. The molecular weight excluding hydrogens is 348 g/mol. The monoisotopic (exact) mass is 358 g/mol. The van der Waals surface area contributed by atoms with Crippen LogP contribution in [0.15, 0.2) is 52.5 Å². The Hall–Kier alpha value is -2.78. The summed E-state index contributed by atoms with van der Waals surface area (Å²) in [4.78, 5) is 12.1. The lowest BCUT2D eigenvalue weighted by atomic mass is 10.1. The Labute approximate surface area is 135 Å². The third-order valence-corrected chi connectivity index (χ3v) is 3.31. The summed E-state index contributed by atoms with van der Waals surface area (Å²) < 4.78 is 0.876. The van der Waals surface area contributed by atoms with E-state index in [1.807, 2.05) is 6.07 Å². The van der Waals surface area contributed by atoms with Gasteiger partial charge in [0.15, 0.2) is 11.5 Å². The minimum Gasteiger partial charge on any atom is -0.504 e. The highest BCUT2D eigenvalue weighted by molar-refractivity contribution is 9.10. The lowest BCUT2D eigenvalue weighted by Crippen LogP contribution is -2.13. The van der Waals surface area contributed by atoms with Gasteiger partial charge in [0.1, 0.15) is 11.6 Å². The molecule has 0 aromatic heterocycles. The molecular formula is C16H11BrN2O3. The van der Waals surface area contributed by atoms with Crippen molar-refractivity contribution in [2.24, 2.45) is 0 Å². The number of carbonyl (C=O) groups excluding carboxylic acids is 1. The average molecular weight is 359 g/mol. The Morgan fingerprint density at radius 3 is 2.41 bits per heavy atom. The number of nitriles is 1. The Kier molecular flexibility index (Phi) is 4.81. The van der Waals surface area contributed by atoms with Crippen LogP contribution in [0.25, 0.3) is 6.08 Å². The Morgan fingerprint density at radius 2 is 1.82 bits per heavy atom. The smallest absolute Gasteiger partial charge is 0.266 e. The van der Waals surface area contributed by atoms with Crippen molar-refractivity contribution in [3.63, 3.8) is 0 Å². The molecule has 2 rings (SSSR count). The molecule has 0 aliphatic heterocycles. The maximum atomic E-state index is 12.1. The van der Waals surface area contributed by atoms with Crippen molar-refractivity contribution in [3.8, 4) is 17.6 Å². The highest BCUT2D eigenvalue weighted by atomic mass is 79.9. The SMILES string of the molecule is N#CC(=Cc1ccc(O)c(O)c1)C(=O)Nc1ccc(Br)cc1. The molecule has 0 heterocycles. The maximum absolute atomic E-state index is 12.1. The van der Waals surface area contributed by atoms with E-state index >= 15 is 0 Å². The quantitative estimate of drug-likeness (QED) is 0.445. The van der Waals surface area contributed by atoms with E-state index in [0.717, 1.165) is 4.47 Å².